The number of carbonyl (C=O) groups is 1. The van der Waals surface area contributed by atoms with Crippen LogP contribution in [0.3, 0.4) is 0 Å². The van der Waals surface area contributed by atoms with Gasteiger partial charge in [0.1, 0.15) is 5.82 Å². The summed E-state index contributed by atoms with van der Waals surface area (Å²) in [4.78, 5) is 11.1. The minimum atomic E-state index is -3.75. The van der Waals surface area contributed by atoms with Crippen LogP contribution in [0, 0.1) is 5.82 Å². The normalized spacial score (nSPS) is 17.6. The second-order valence-corrected chi connectivity index (χ2v) is 7.48. The molecule has 0 bridgehead atoms. The van der Waals surface area contributed by atoms with Crippen molar-refractivity contribution in [2.45, 2.75) is 37.6 Å². The van der Waals surface area contributed by atoms with Gasteiger partial charge in [-0.3, -0.25) is 4.79 Å². The molecule has 24 heavy (non-hydrogen) atoms. The predicted molar refractivity (Wildman–Crippen MR) is 93.4 cm³/mol. The first-order valence-corrected chi connectivity index (χ1v) is 9.10. The monoisotopic (exact) mass is 379 g/mol. The van der Waals surface area contributed by atoms with Gasteiger partial charge in [0.15, 0.2) is 0 Å². The van der Waals surface area contributed by atoms with Crippen molar-refractivity contribution in [2.24, 2.45) is 0 Å². The minimum Gasteiger partial charge on any atom is -0.324 e. The average Bonchev–Trinajstić information content (AvgIpc) is 3.00. The van der Waals surface area contributed by atoms with Crippen molar-refractivity contribution in [3.63, 3.8) is 0 Å². The molecule has 0 saturated carbocycles. The van der Waals surface area contributed by atoms with Crippen LogP contribution in [0.25, 0.3) is 0 Å². The van der Waals surface area contributed by atoms with E-state index in [-0.39, 0.29) is 29.0 Å². The zero-order valence-corrected chi connectivity index (χ0v) is 15.3. The van der Waals surface area contributed by atoms with E-state index in [1.165, 1.54) is 23.4 Å². The Morgan fingerprint density at radius 1 is 1.46 bits per heavy atom. The largest absolute Gasteiger partial charge is 0.324 e. The van der Waals surface area contributed by atoms with E-state index in [1.54, 1.807) is 0 Å². The van der Waals surface area contributed by atoms with Crippen LogP contribution in [0.5, 0.6) is 0 Å². The number of benzene rings is 1. The Morgan fingerprint density at radius 3 is 2.71 bits per heavy atom. The van der Waals surface area contributed by atoms with Crippen molar-refractivity contribution in [1.82, 2.24) is 9.62 Å². The highest BCUT2D eigenvalue weighted by atomic mass is 35.5. The summed E-state index contributed by atoms with van der Waals surface area (Å²) in [6, 6.07) is 3.38. The Labute approximate surface area is 148 Å². The van der Waals surface area contributed by atoms with Gasteiger partial charge < -0.3 is 10.6 Å². The molecule has 1 heterocycles. The number of halogens is 2. The van der Waals surface area contributed by atoms with Gasteiger partial charge in [-0.1, -0.05) is 6.92 Å². The summed E-state index contributed by atoms with van der Waals surface area (Å²) in [5, 5.41) is 5.48. The SMILES string of the molecule is CCCN(C1CCNC1)S(=O)(=O)c1ccc(F)c(NC(C)=O)c1.Cl. The third-order valence-electron chi connectivity index (χ3n) is 3.74. The van der Waals surface area contributed by atoms with E-state index in [4.69, 9.17) is 0 Å². The first-order valence-electron chi connectivity index (χ1n) is 7.66. The van der Waals surface area contributed by atoms with Gasteiger partial charge in [0.05, 0.1) is 10.6 Å². The maximum absolute atomic E-state index is 13.7. The van der Waals surface area contributed by atoms with Crippen molar-refractivity contribution in [3.05, 3.63) is 24.0 Å². The lowest BCUT2D eigenvalue weighted by Crippen LogP contribution is -2.42. The maximum Gasteiger partial charge on any atom is 0.243 e. The lowest BCUT2D eigenvalue weighted by Gasteiger charge is -2.27. The molecule has 1 atom stereocenters. The molecular formula is C15H23ClFN3O3S. The summed E-state index contributed by atoms with van der Waals surface area (Å²) < 4.78 is 41.0. The van der Waals surface area contributed by atoms with E-state index in [0.29, 0.717) is 19.5 Å². The van der Waals surface area contributed by atoms with Crippen LogP contribution in [0.4, 0.5) is 10.1 Å². The van der Waals surface area contributed by atoms with E-state index in [2.05, 4.69) is 10.6 Å². The Kier molecular flexibility index (Phi) is 7.59. The fourth-order valence-electron chi connectivity index (χ4n) is 2.69. The molecule has 0 aliphatic carbocycles. The van der Waals surface area contributed by atoms with Crippen molar-refractivity contribution >= 4 is 34.0 Å². The molecule has 9 heteroatoms. The molecule has 0 radical (unpaired) electrons. The van der Waals surface area contributed by atoms with Gasteiger partial charge in [0.2, 0.25) is 15.9 Å². The lowest BCUT2D eigenvalue weighted by molar-refractivity contribution is -0.114. The standard InChI is InChI=1S/C15H22FN3O3S.ClH/c1-3-8-19(12-6-7-17-10-12)23(21,22)13-4-5-14(16)15(9-13)18-11(2)20;/h4-5,9,12,17H,3,6-8,10H2,1-2H3,(H,18,20);1H. The summed E-state index contributed by atoms with van der Waals surface area (Å²) in [6.07, 6.45) is 1.44. The molecule has 1 aromatic carbocycles. The van der Waals surface area contributed by atoms with E-state index in [1.807, 2.05) is 6.92 Å². The fraction of sp³-hybridized carbons (Fsp3) is 0.533. The molecule has 2 rings (SSSR count). The summed E-state index contributed by atoms with van der Waals surface area (Å²) in [7, 11) is -3.75. The van der Waals surface area contributed by atoms with Crippen molar-refractivity contribution < 1.29 is 17.6 Å². The molecule has 0 aromatic heterocycles. The van der Waals surface area contributed by atoms with Gasteiger partial charge in [-0.15, -0.1) is 12.4 Å². The number of nitrogens with zero attached hydrogens (tertiary/aromatic N) is 1. The van der Waals surface area contributed by atoms with Gasteiger partial charge in [0, 0.05) is 26.1 Å². The van der Waals surface area contributed by atoms with Crippen LogP contribution in [0.15, 0.2) is 23.1 Å². The van der Waals surface area contributed by atoms with E-state index in [9.17, 15) is 17.6 Å². The highest BCUT2D eigenvalue weighted by molar-refractivity contribution is 7.89. The molecule has 1 aliphatic rings. The van der Waals surface area contributed by atoms with E-state index >= 15 is 0 Å². The second-order valence-electron chi connectivity index (χ2n) is 5.59. The van der Waals surface area contributed by atoms with Crippen LogP contribution in [0.1, 0.15) is 26.7 Å². The number of hydrogen-bond donors (Lipinski definition) is 2. The lowest BCUT2D eigenvalue weighted by atomic mass is 10.2. The number of anilines is 1. The molecule has 1 unspecified atom stereocenters. The fourth-order valence-corrected chi connectivity index (χ4v) is 4.46. The van der Waals surface area contributed by atoms with Gasteiger partial charge in [-0.25, -0.2) is 12.8 Å². The van der Waals surface area contributed by atoms with Crippen LogP contribution in [-0.2, 0) is 14.8 Å². The van der Waals surface area contributed by atoms with Crippen molar-refractivity contribution in [2.75, 3.05) is 25.0 Å². The quantitative estimate of drug-likeness (QED) is 0.792. The molecule has 1 amide bonds. The number of amides is 1. The number of hydrogen-bond acceptors (Lipinski definition) is 4. The van der Waals surface area contributed by atoms with Crippen LogP contribution in [-0.4, -0.2) is 44.3 Å². The first-order chi connectivity index (χ1) is 10.9. The molecule has 1 saturated heterocycles. The third-order valence-corrected chi connectivity index (χ3v) is 5.69. The Hall–Kier alpha value is -1.22. The number of nitrogens with one attached hydrogen (secondary N) is 2. The number of carbonyl (C=O) groups excluding carboxylic acids is 1. The maximum atomic E-state index is 13.7. The highest BCUT2D eigenvalue weighted by Gasteiger charge is 2.33. The van der Waals surface area contributed by atoms with E-state index in [0.717, 1.165) is 19.0 Å². The Bertz CT molecular complexity index is 679. The zero-order valence-electron chi connectivity index (χ0n) is 13.7. The van der Waals surface area contributed by atoms with Gasteiger partial charge in [-0.05, 0) is 37.6 Å². The molecule has 2 N–H and O–H groups in total. The van der Waals surface area contributed by atoms with Gasteiger partial charge >= 0.3 is 0 Å². The number of rotatable bonds is 6. The molecule has 0 spiro atoms. The average molecular weight is 380 g/mol. The molecular weight excluding hydrogens is 357 g/mol. The summed E-state index contributed by atoms with van der Waals surface area (Å²) in [5.41, 5.74) is -0.125. The second kappa shape index (κ2) is 8.75. The number of sulfonamides is 1. The Balaban J connectivity index is 0.00000288. The van der Waals surface area contributed by atoms with Gasteiger partial charge in [0.25, 0.3) is 0 Å². The highest BCUT2D eigenvalue weighted by Crippen LogP contribution is 2.25. The summed E-state index contributed by atoms with van der Waals surface area (Å²) in [5.74, 6) is -1.12. The van der Waals surface area contributed by atoms with Gasteiger partial charge in [-0.2, -0.15) is 4.31 Å². The topological polar surface area (TPSA) is 78.5 Å². The third kappa shape index (κ3) is 4.66. The van der Waals surface area contributed by atoms with Crippen LogP contribution < -0.4 is 10.6 Å². The van der Waals surface area contributed by atoms with Crippen molar-refractivity contribution in [3.8, 4) is 0 Å². The van der Waals surface area contributed by atoms with Crippen LogP contribution in [0.2, 0.25) is 0 Å². The zero-order chi connectivity index (χ0) is 17.0. The smallest absolute Gasteiger partial charge is 0.243 e. The molecule has 136 valence electrons. The minimum absolute atomic E-state index is 0. The molecule has 1 aromatic rings. The van der Waals surface area contributed by atoms with E-state index < -0.39 is 21.7 Å². The Morgan fingerprint density at radius 2 is 2.17 bits per heavy atom. The van der Waals surface area contributed by atoms with Crippen LogP contribution >= 0.6 is 12.4 Å². The molecule has 1 aliphatic heterocycles. The first kappa shape index (κ1) is 20.8. The van der Waals surface area contributed by atoms with Crippen molar-refractivity contribution in [1.29, 1.82) is 0 Å². The molecule has 1 fully saturated rings. The predicted octanol–water partition coefficient (Wildman–Crippen LogP) is 1.97. The summed E-state index contributed by atoms with van der Waals surface area (Å²) >= 11 is 0. The summed E-state index contributed by atoms with van der Waals surface area (Å²) in [6.45, 7) is 4.95. The molecule has 6 nitrogen and oxygen atoms in total.